The van der Waals surface area contributed by atoms with Gasteiger partial charge in [0.05, 0.1) is 34.4 Å². The van der Waals surface area contributed by atoms with Crippen molar-refractivity contribution in [3.05, 3.63) is 36.5 Å². The quantitative estimate of drug-likeness (QED) is 0.0495. The van der Waals surface area contributed by atoms with E-state index in [4.69, 9.17) is 18.5 Å². The molecular formula is C28H53NO7P+. The van der Waals surface area contributed by atoms with Crippen LogP contribution in [-0.2, 0) is 27.9 Å². The van der Waals surface area contributed by atoms with Gasteiger partial charge in [-0.3, -0.25) is 13.8 Å². The first kappa shape index (κ1) is 35.7. The molecule has 1 N–H and O–H groups in total. The summed E-state index contributed by atoms with van der Waals surface area (Å²) in [5.74, 6) is -0.498. The minimum absolute atomic E-state index is 0.0811. The summed E-state index contributed by atoms with van der Waals surface area (Å²) in [6.45, 7) is 4.44. The van der Waals surface area contributed by atoms with E-state index in [1.54, 1.807) is 0 Å². The zero-order chi connectivity index (χ0) is 27.8. The third-order valence-corrected chi connectivity index (χ3v) is 6.25. The Morgan fingerprint density at radius 2 is 1.43 bits per heavy atom. The Labute approximate surface area is 225 Å². The van der Waals surface area contributed by atoms with Gasteiger partial charge >= 0.3 is 13.8 Å². The molecule has 0 bridgehead atoms. The summed E-state index contributed by atoms with van der Waals surface area (Å²) in [7, 11) is 1.64. The van der Waals surface area contributed by atoms with E-state index in [0.717, 1.165) is 44.9 Å². The molecule has 9 heteroatoms. The fraction of sp³-hybridized carbons (Fsp3) is 0.750. The lowest BCUT2D eigenvalue weighted by atomic mass is 10.1. The SMILES string of the molecule is CC/C=C\C/C=C\C/C=C\CCCCCCCCOCC(COP(=O)(O)OCC[N+](C)(C)C)OC(C)=O. The molecule has 0 aliphatic heterocycles. The van der Waals surface area contributed by atoms with Crippen LogP contribution in [0.5, 0.6) is 0 Å². The van der Waals surface area contributed by atoms with Gasteiger partial charge in [0.25, 0.3) is 0 Å². The van der Waals surface area contributed by atoms with Crippen molar-refractivity contribution < 1.29 is 37.3 Å². The van der Waals surface area contributed by atoms with Crippen molar-refractivity contribution in [3.63, 3.8) is 0 Å². The Balaban J connectivity index is 3.84. The van der Waals surface area contributed by atoms with Crippen molar-refractivity contribution in [1.29, 1.82) is 0 Å². The number of carbonyl (C=O) groups excluding carboxylic acids is 1. The van der Waals surface area contributed by atoms with Crippen LogP contribution in [0.25, 0.3) is 0 Å². The Bertz CT molecular complexity index is 701. The maximum Gasteiger partial charge on any atom is 0.472 e. The lowest BCUT2D eigenvalue weighted by Gasteiger charge is -2.24. The minimum atomic E-state index is -4.22. The minimum Gasteiger partial charge on any atom is -0.458 e. The largest absolute Gasteiger partial charge is 0.472 e. The maximum atomic E-state index is 12.0. The third kappa shape index (κ3) is 27.6. The second-order valence-electron chi connectivity index (χ2n) is 10.1. The van der Waals surface area contributed by atoms with E-state index in [9.17, 15) is 14.3 Å². The number of hydrogen-bond acceptors (Lipinski definition) is 6. The monoisotopic (exact) mass is 546 g/mol. The standard InChI is InChI=1S/C28H52NO7P/c1-6-7-8-9-10-11-12-13-14-15-16-17-18-19-20-21-23-33-25-28(36-27(2)30)26-35-37(31,32)34-24-22-29(3,4)5/h7-8,10-11,13-14,28H,6,9,12,15-26H2,1-5H3/p+1/b8-7-,11-10-,14-13-. The normalized spacial score (nSPS) is 15.1. The highest BCUT2D eigenvalue weighted by atomic mass is 31.2. The zero-order valence-corrected chi connectivity index (χ0v) is 24.8. The number of phosphoric ester groups is 1. The van der Waals surface area contributed by atoms with E-state index in [-0.39, 0.29) is 19.8 Å². The van der Waals surface area contributed by atoms with Gasteiger partial charge in [-0.1, -0.05) is 69.1 Å². The van der Waals surface area contributed by atoms with Crippen LogP contribution in [0.4, 0.5) is 0 Å². The van der Waals surface area contributed by atoms with Gasteiger partial charge in [0.1, 0.15) is 19.3 Å². The molecule has 0 aromatic rings. The first-order valence-electron chi connectivity index (χ1n) is 13.7. The predicted octanol–water partition coefficient (Wildman–Crippen LogP) is 6.36. The van der Waals surface area contributed by atoms with Crippen LogP contribution >= 0.6 is 7.82 Å². The Kier molecular flexibility index (Phi) is 21.9. The Hall–Kier alpha value is -1.28. The summed E-state index contributed by atoms with van der Waals surface area (Å²) in [6.07, 6.45) is 23.6. The van der Waals surface area contributed by atoms with Crippen LogP contribution in [0.3, 0.4) is 0 Å². The lowest BCUT2D eigenvalue weighted by molar-refractivity contribution is -0.870. The number of phosphoric acid groups is 1. The second-order valence-corrected chi connectivity index (χ2v) is 11.6. The molecule has 0 spiro atoms. The molecular weight excluding hydrogens is 493 g/mol. The maximum absolute atomic E-state index is 12.0. The summed E-state index contributed by atoms with van der Waals surface area (Å²) >= 11 is 0. The summed E-state index contributed by atoms with van der Waals surface area (Å²) in [6, 6.07) is 0. The number of carbonyl (C=O) groups is 1. The van der Waals surface area contributed by atoms with E-state index in [0.29, 0.717) is 17.6 Å². The number of esters is 1. The molecule has 8 nitrogen and oxygen atoms in total. The number of allylic oxidation sites excluding steroid dienone is 6. The molecule has 2 unspecified atom stereocenters. The van der Waals surface area contributed by atoms with Crippen molar-refractivity contribution >= 4 is 13.8 Å². The van der Waals surface area contributed by atoms with Crippen LogP contribution in [0.1, 0.15) is 78.1 Å². The number of ether oxygens (including phenoxy) is 2. The molecule has 0 radical (unpaired) electrons. The Morgan fingerprint density at radius 1 is 0.838 bits per heavy atom. The van der Waals surface area contributed by atoms with Crippen molar-refractivity contribution in [2.75, 3.05) is 54.1 Å². The van der Waals surface area contributed by atoms with Crippen LogP contribution in [0.2, 0.25) is 0 Å². The molecule has 0 saturated heterocycles. The first-order valence-corrected chi connectivity index (χ1v) is 15.2. The summed E-state index contributed by atoms with van der Waals surface area (Å²) in [4.78, 5) is 21.2. The van der Waals surface area contributed by atoms with Crippen LogP contribution < -0.4 is 0 Å². The molecule has 37 heavy (non-hydrogen) atoms. The first-order chi connectivity index (χ1) is 17.6. The van der Waals surface area contributed by atoms with Crippen molar-refractivity contribution in [1.82, 2.24) is 0 Å². The van der Waals surface area contributed by atoms with Crippen molar-refractivity contribution in [2.45, 2.75) is 84.2 Å². The highest BCUT2D eigenvalue weighted by Crippen LogP contribution is 2.43. The molecule has 0 saturated carbocycles. The van der Waals surface area contributed by atoms with E-state index < -0.39 is 19.9 Å². The average molecular weight is 547 g/mol. The van der Waals surface area contributed by atoms with Gasteiger partial charge in [0.2, 0.25) is 0 Å². The third-order valence-electron chi connectivity index (χ3n) is 5.27. The summed E-state index contributed by atoms with van der Waals surface area (Å²) < 4.78 is 33.4. The summed E-state index contributed by atoms with van der Waals surface area (Å²) in [5, 5.41) is 0. The highest BCUT2D eigenvalue weighted by Gasteiger charge is 2.25. The average Bonchev–Trinajstić information content (AvgIpc) is 2.80. The van der Waals surface area contributed by atoms with Crippen molar-refractivity contribution in [3.8, 4) is 0 Å². The van der Waals surface area contributed by atoms with Crippen LogP contribution in [0.15, 0.2) is 36.5 Å². The molecule has 0 aromatic carbocycles. The van der Waals surface area contributed by atoms with E-state index in [1.807, 2.05) is 21.1 Å². The van der Waals surface area contributed by atoms with Gasteiger partial charge in [0.15, 0.2) is 0 Å². The molecule has 0 aliphatic rings. The highest BCUT2D eigenvalue weighted by molar-refractivity contribution is 7.47. The van der Waals surface area contributed by atoms with Gasteiger partial charge in [-0.25, -0.2) is 4.57 Å². The van der Waals surface area contributed by atoms with Gasteiger partial charge in [-0.05, 0) is 38.5 Å². The molecule has 0 heterocycles. The molecule has 0 rings (SSSR count). The number of likely N-dealkylation sites (N-methyl/N-ethyl adjacent to an activating group) is 1. The fourth-order valence-corrected chi connectivity index (χ4v) is 3.95. The molecule has 216 valence electrons. The smallest absolute Gasteiger partial charge is 0.458 e. The number of nitrogens with zero attached hydrogens (tertiary/aromatic N) is 1. The molecule has 0 amide bonds. The van der Waals surface area contributed by atoms with Gasteiger partial charge in [-0.15, -0.1) is 0 Å². The second kappa shape index (κ2) is 22.7. The number of quaternary nitrogens is 1. The summed E-state index contributed by atoms with van der Waals surface area (Å²) in [5.41, 5.74) is 0. The van der Waals surface area contributed by atoms with E-state index >= 15 is 0 Å². The number of unbranched alkanes of at least 4 members (excludes halogenated alkanes) is 6. The van der Waals surface area contributed by atoms with E-state index in [2.05, 4.69) is 43.4 Å². The molecule has 2 atom stereocenters. The van der Waals surface area contributed by atoms with Gasteiger partial charge in [0, 0.05) is 13.5 Å². The number of rotatable bonds is 24. The topological polar surface area (TPSA) is 91.3 Å². The zero-order valence-electron chi connectivity index (χ0n) is 23.9. The predicted molar refractivity (Wildman–Crippen MR) is 150 cm³/mol. The number of hydrogen-bond donors (Lipinski definition) is 1. The Morgan fingerprint density at radius 3 is 2.05 bits per heavy atom. The lowest BCUT2D eigenvalue weighted by Crippen LogP contribution is -2.37. The van der Waals surface area contributed by atoms with Gasteiger partial charge in [-0.2, -0.15) is 0 Å². The van der Waals surface area contributed by atoms with Crippen molar-refractivity contribution in [2.24, 2.45) is 0 Å². The van der Waals surface area contributed by atoms with E-state index in [1.165, 1.54) is 26.2 Å². The van der Waals surface area contributed by atoms with Crippen LogP contribution in [0, 0.1) is 0 Å². The van der Waals surface area contributed by atoms with Gasteiger partial charge < -0.3 is 18.9 Å². The van der Waals surface area contributed by atoms with Crippen LogP contribution in [-0.4, -0.2) is 75.6 Å². The fourth-order valence-electron chi connectivity index (χ4n) is 3.21. The molecule has 0 aromatic heterocycles. The molecule has 0 aliphatic carbocycles. The molecule has 0 fully saturated rings.